The third-order valence-electron chi connectivity index (χ3n) is 1.22. The van der Waals surface area contributed by atoms with Gasteiger partial charge < -0.3 is 4.18 Å². The second-order valence-corrected chi connectivity index (χ2v) is 3.72. The van der Waals surface area contributed by atoms with Crippen LogP contribution >= 0.6 is 0 Å². The van der Waals surface area contributed by atoms with Gasteiger partial charge in [-0.15, -0.1) is 0 Å². The predicted octanol–water partition coefficient (Wildman–Crippen LogP) is 1.19. The van der Waals surface area contributed by atoms with Crippen molar-refractivity contribution >= 4 is 39.7 Å². The van der Waals surface area contributed by atoms with Crippen LogP contribution in [0.2, 0.25) is 0 Å². The first-order valence-corrected chi connectivity index (χ1v) is 4.77. The maximum absolute atomic E-state index is 12.3. The Kier molecular flexibility index (Phi) is 5.36. The van der Waals surface area contributed by atoms with Crippen molar-refractivity contribution < 1.29 is 17.0 Å². The first kappa shape index (κ1) is 13.6. The van der Waals surface area contributed by atoms with Crippen LogP contribution in [0.1, 0.15) is 0 Å². The van der Waals surface area contributed by atoms with Gasteiger partial charge in [-0.05, 0) is 18.7 Å². The fourth-order valence-corrected chi connectivity index (χ4v) is 1.10. The number of halogens is 1. The molecule has 0 aliphatic carbocycles. The van der Waals surface area contributed by atoms with Crippen LogP contribution in [0.3, 0.4) is 0 Å². The molecule has 0 spiro atoms. The average Bonchev–Trinajstić information content (AvgIpc) is 2.05. The molecule has 0 aliphatic rings. The number of hydrogen-bond donors (Lipinski definition) is 0. The van der Waals surface area contributed by atoms with Gasteiger partial charge >= 0.3 is 39.7 Å². The Hall–Kier alpha value is -0.360. The summed E-state index contributed by atoms with van der Waals surface area (Å²) in [6, 6.07) is 7.64. The molecule has 0 atom stereocenters. The van der Waals surface area contributed by atoms with E-state index < -0.39 is 15.3 Å². The summed E-state index contributed by atoms with van der Waals surface area (Å²) >= 11 is 0. The van der Waals surface area contributed by atoms with Crippen LogP contribution in [0.5, 0.6) is 5.75 Å². The fraction of sp³-hybridized carbons (Fsp3) is 0. The van der Waals surface area contributed by atoms with Crippen molar-refractivity contribution in [3.8, 4) is 5.75 Å². The molecule has 0 aliphatic heterocycles. The second kappa shape index (κ2) is 5.50. The molecule has 1 rings (SSSR count). The number of para-hydroxylation sites is 1. The van der Waals surface area contributed by atoms with E-state index in [0.717, 1.165) is 0 Å². The first-order chi connectivity index (χ1) is 6.02. The quantitative estimate of drug-likeness (QED) is 0.574. The zero-order valence-corrected chi connectivity index (χ0v) is 7.42. The molecule has 14 heavy (non-hydrogen) atoms. The molecule has 0 bridgehead atoms. The predicted molar refractivity (Wildman–Crippen MR) is 53.4 cm³/mol. The van der Waals surface area contributed by atoms with E-state index in [1.165, 1.54) is 12.1 Å². The van der Waals surface area contributed by atoms with Gasteiger partial charge in [0.2, 0.25) is 5.16 Å². The molecule has 0 N–H and O–H groups in total. The Morgan fingerprint density at radius 1 is 1.29 bits per heavy atom. The molecule has 0 aromatic heterocycles. The third kappa shape index (κ3) is 3.79. The summed E-state index contributed by atoms with van der Waals surface area (Å²) in [6.07, 6.45) is 0. The van der Waals surface area contributed by atoms with Gasteiger partial charge in [0, 0.05) is 0 Å². The van der Waals surface area contributed by atoms with Crippen molar-refractivity contribution in [3.05, 3.63) is 42.1 Å². The molecule has 0 saturated carbocycles. The van der Waals surface area contributed by atoms with Crippen LogP contribution in [0.4, 0.5) is 4.39 Å². The van der Waals surface area contributed by atoms with Crippen molar-refractivity contribution in [1.29, 1.82) is 0 Å². The van der Waals surface area contributed by atoms with Gasteiger partial charge in [0.1, 0.15) is 5.75 Å². The van der Waals surface area contributed by atoms with E-state index in [2.05, 4.69) is 10.8 Å². The summed E-state index contributed by atoms with van der Waals surface area (Å²) in [5.74, 6) is 0.0568. The summed E-state index contributed by atoms with van der Waals surface area (Å²) in [4.78, 5) is 0. The van der Waals surface area contributed by atoms with Gasteiger partial charge in [0.25, 0.3) is 0 Å². The summed E-state index contributed by atoms with van der Waals surface area (Å²) in [5.41, 5.74) is 0. The molecule has 1 aromatic carbocycles. The molecule has 0 saturated heterocycles. The third-order valence-corrected chi connectivity index (χ3v) is 2.17. The Bertz CT molecular complexity index is 402. The van der Waals surface area contributed by atoms with E-state index >= 15 is 0 Å². The Morgan fingerprint density at radius 2 is 1.79 bits per heavy atom. The van der Waals surface area contributed by atoms with Gasteiger partial charge in [-0.25, -0.2) is 0 Å². The molecule has 0 fully saturated rings. The Balaban J connectivity index is 0.00000169. The molecule has 1 aromatic rings. The van der Waals surface area contributed by atoms with Crippen LogP contribution in [-0.4, -0.2) is 38.0 Å². The normalized spacial score (nSPS) is 10.1. The van der Waals surface area contributed by atoms with Crippen LogP contribution in [-0.2, 0) is 10.1 Å². The van der Waals surface area contributed by atoms with Gasteiger partial charge in [-0.3, -0.25) is 0 Å². The first-order valence-electron chi connectivity index (χ1n) is 3.36. The second-order valence-electron chi connectivity index (χ2n) is 2.21. The monoisotopic (exact) mass is 226 g/mol. The standard InChI is InChI=1S/C8H7FO3S.Na.H/c1-7(9)13(10,11)12-8-5-3-2-4-6-8;;/h2-6H,1H2;;. The van der Waals surface area contributed by atoms with E-state index in [9.17, 15) is 12.8 Å². The van der Waals surface area contributed by atoms with Crippen molar-refractivity contribution in [1.82, 2.24) is 0 Å². The minimum absolute atomic E-state index is 0. The summed E-state index contributed by atoms with van der Waals surface area (Å²) in [6.45, 7) is 2.64. The van der Waals surface area contributed by atoms with Crippen molar-refractivity contribution in [3.63, 3.8) is 0 Å². The molecule has 0 amide bonds. The Morgan fingerprint density at radius 3 is 2.21 bits per heavy atom. The van der Waals surface area contributed by atoms with Crippen LogP contribution in [0, 0.1) is 0 Å². The number of rotatable bonds is 3. The minimum atomic E-state index is -4.31. The van der Waals surface area contributed by atoms with Gasteiger partial charge in [-0.2, -0.15) is 12.8 Å². The zero-order chi connectivity index (χ0) is 9.90. The Labute approximate surface area is 104 Å². The van der Waals surface area contributed by atoms with Gasteiger partial charge in [0.05, 0.1) is 0 Å². The van der Waals surface area contributed by atoms with Crippen molar-refractivity contribution in [2.75, 3.05) is 0 Å². The molecule has 0 unspecified atom stereocenters. The SMILES string of the molecule is C=C(F)S(=O)(=O)Oc1ccccc1.[NaH]. The van der Waals surface area contributed by atoms with Crippen molar-refractivity contribution in [2.45, 2.75) is 0 Å². The molecule has 0 radical (unpaired) electrons. The summed E-state index contributed by atoms with van der Waals surface area (Å²) in [7, 11) is -4.31. The van der Waals surface area contributed by atoms with Crippen LogP contribution in [0.15, 0.2) is 42.1 Å². The van der Waals surface area contributed by atoms with E-state index in [4.69, 9.17) is 0 Å². The van der Waals surface area contributed by atoms with Crippen LogP contribution in [0.25, 0.3) is 0 Å². The summed E-state index contributed by atoms with van der Waals surface area (Å²) in [5, 5.41) is -1.50. The average molecular weight is 226 g/mol. The van der Waals surface area contributed by atoms with Gasteiger partial charge in [-0.1, -0.05) is 18.2 Å². The molecule has 6 heteroatoms. The molecule has 72 valence electrons. The fourth-order valence-electron chi connectivity index (χ4n) is 0.648. The molecule has 3 nitrogen and oxygen atoms in total. The van der Waals surface area contributed by atoms with E-state index in [1.807, 2.05) is 0 Å². The summed E-state index contributed by atoms with van der Waals surface area (Å²) < 4.78 is 38.2. The van der Waals surface area contributed by atoms with E-state index in [-0.39, 0.29) is 35.3 Å². The van der Waals surface area contributed by atoms with E-state index in [0.29, 0.717) is 0 Å². The molecule has 0 heterocycles. The topological polar surface area (TPSA) is 43.4 Å². The molecular formula is C8H8FNaO3S. The van der Waals surface area contributed by atoms with E-state index in [1.54, 1.807) is 18.2 Å². The number of benzene rings is 1. The van der Waals surface area contributed by atoms with Crippen LogP contribution < -0.4 is 4.18 Å². The van der Waals surface area contributed by atoms with Gasteiger partial charge in [0.15, 0.2) is 0 Å². The zero-order valence-electron chi connectivity index (χ0n) is 6.60. The van der Waals surface area contributed by atoms with Crippen molar-refractivity contribution in [2.24, 2.45) is 0 Å². The number of hydrogen-bond acceptors (Lipinski definition) is 3. The molecular weight excluding hydrogens is 218 g/mol. The maximum atomic E-state index is 12.3.